The number of carbonyl (C=O) groups is 2. The third kappa shape index (κ3) is 5.79. The van der Waals surface area contributed by atoms with Gasteiger partial charge in [0.15, 0.2) is 17.1 Å². The van der Waals surface area contributed by atoms with Gasteiger partial charge in [-0.15, -0.1) is 21.5 Å². The second-order valence-electron chi connectivity index (χ2n) is 7.66. The number of rotatable bonds is 10. The van der Waals surface area contributed by atoms with Crippen LogP contribution in [0.3, 0.4) is 0 Å². The zero-order valence-corrected chi connectivity index (χ0v) is 21.9. The third-order valence-electron chi connectivity index (χ3n) is 5.27. The molecule has 2 heterocycles. The Morgan fingerprint density at radius 1 is 1.18 bits per heavy atom. The predicted octanol–water partition coefficient (Wildman–Crippen LogP) is 5.33. The number of nitrogens with zero attached hydrogens (tertiary/aromatic N) is 3. The molecule has 0 bridgehead atoms. The van der Waals surface area contributed by atoms with E-state index in [0.29, 0.717) is 28.1 Å². The number of anilines is 1. The maximum atomic E-state index is 12.7. The minimum Gasteiger partial charge on any atom is -0.482 e. The number of thioether (sulfide) groups is 1. The molecule has 0 aliphatic heterocycles. The zero-order chi connectivity index (χ0) is 24.8. The normalized spacial score (nSPS) is 11.8. The highest BCUT2D eigenvalue weighted by atomic mass is 32.2. The van der Waals surface area contributed by atoms with E-state index < -0.39 is 5.97 Å². The topological polar surface area (TPSA) is 95.3 Å². The SMILES string of the molecule is CCOC(=O)c1c(NC(=O)CSc2nnc(C(C)Oc3ccccc3C)n2CC)sc(C)c1C. The lowest BCUT2D eigenvalue weighted by Gasteiger charge is -2.17. The van der Waals surface area contributed by atoms with E-state index in [1.54, 1.807) is 6.92 Å². The van der Waals surface area contributed by atoms with Crippen molar-refractivity contribution < 1.29 is 19.1 Å². The molecule has 3 aromatic rings. The van der Waals surface area contributed by atoms with Crippen LogP contribution in [0.2, 0.25) is 0 Å². The first-order chi connectivity index (χ1) is 16.3. The van der Waals surface area contributed by atoms with Gasteiger partial charge >= 0.3 is 5.97 Å². The highest BCUT2D eigenvalue weighted by Crippen LogP contribution is 2.33. The van der Waals surface area contributed by atoms with E-state index in [9.17, 15) is 9.59 Å². The molecule has 0 saturated carbocycles. The van der Waals surface area contributed by atoms with Gasteiger partial charge in [-0.3, -0.25) is 4.79 Å². The summed E-state index contributed by atoms with van der Waals surface area (Å²) in [5.41, 5.74) is 2.29. The molecule has 1 amide bonds. The number of hydrogen-bond acceptors (Lipinski definition) is 8. The molecule has 34 heavy (non-hydrogen) atoms. The molecule has 8 nitrogen and oxygen atoms in total. The standard InChI is InChI=1S/C24H30N4O4S2/c1-7-28-21(16(5)32-18-12-10-9-11-14(18)3)26-27-24(28)33-13-19(29)25-22-20(23(30)31-8-2)15(4)17(6)34-22/h9-12,16H,7-8,13H2,1-6H3,(H,25,29). The molecule has 0 saturated heterocycles. The fourth-order valence-corrected chi connectivity index (χ4v) is 5.27. The van der Waals surface area contributed by atoms with Crippen LogP contribution in [0, 0.1) is 20.8 Å². The quantitative estimate of drug-likeness (QED) is 0.296. The zero-order valence-electron chi connectivity index (χ0n) is 20.3. The Bertz CT molecular complexity index is 1170. The van der Waals surface area contributed by atoms with Crippen LogP contribution in [0.15, 0.2) is 29.4 Å². The van der Waals surface area contributed by atoms with Gasteiger partial charge in [-0.2, -0.15) is 0 Å². The summed E-state index contributed by atoms with van der Waals surface area (Å²) in [7, 11) is 0. The van der Waals surface area contributed by atoms with Gasteiger partial charge < -0.3 is 19.4 Å². The van der Waals surface area contributed by atoms with Gasteiger partial charge in [0.25, 0.3) is 0 Å². The molecule has 1 unspecified atom stereocenters. The molecular weight excluding hydrogens is 472 g/mol. The smallest absolute Gasteiger partial charge is 0.341 e. The highest BCUT2D eigenvalue weighted by molar-refractivity contribution is 7.99. The lowest BCUT2D eigenvalue weighted by Crippen LogP contribution is -2.17. The Kier molecular flexibility index (Phi) is 8.73. The van der Waals surface area contributed by atoms with Gasteiger partial charge in [0, 0.05) is 11.4 Å². The summed E-state index contributed by atoms with van der Waals surface area (Å²) in [4.78, 5) is 26.0. The van der Waals surface area contributed by atoms with E-state index in [2.05, 4.69) is 15.5 Å². The number of thiophene rings is 1. The van der Waals surface area contributed by atoms with Crippen molar-refractivity contribution in [2.75, 3.05) is 17.7 Å². The first-order valence-electron chi connectivity index (χ1n) is 11.1. The largest absolute Gasteiger partial charge is 0.482 e. The van der Waals surface area contributed by atoms with E-state index in [1.807, 2.05) is 63.5 Å². The Morgan fingerprint density at radius 2 is 1.91 bits per heavy atom. The molecule has 1 N–H and O–H groups in total. The van der Waals surface area contributed by atoms with E-state index >= 15 is 0 Å². The molecule has 0 aliphatic carbocycles. The van der Waals surface area contributed by atoms with Gasteiger partial charge in [0.2, 0.25) is 5.91 Å². The predicted molar refractivity (Wildman–Crippen MR) is 135 cm³/mol. The number of amides is 1. The Hall–Kier alpha value is -2.85. The lowest BCUT2D eigenvalue weighted by molar-refractivity contribution is -0.113. The second-order valence-corrected chi connectivity index (χ2v) is 9.82. The van der Waals surface area contributed by atoms with Crippen LogP contribution in [0.25, 0.3) is 0 Å². The van der Waals surface area contributed by atoms with Gasteiger partial charge in [-0.1, -0.05) is 30.0 Å². The highest BCUT2D eigenvalue weighted by Gasteiger charge is 2.23. The number of carbonyl (C=O) groups excluding carboxylic acids is 2. The van der Waals surface area contributed by atoms with E-state index in [1.165, 1.54) is 23.1 Å². The van der Waals surface area contributed by atoms with Crippen molar-refractivity contribution in [3.8, 4) is 5.75 Å². The number of aryl methyl sites for hydroxylation is 2. The maximum Gasteiger partial charge on any atom is 0.341 e. The second kappa shape index (κ2) is 11.5. The summed E-state index contributed by atoms with van der Waals surface area (Å²) in [6, 6.07) is 7.83. The monoisotopic (exact) mass is 502 g/mol. The van der Waals surface area contributed by atoms with Crippen molar-refractivity contribution in [2.45, 2.75) is 59.3 Å². The molecule has 2 aromatic heterocycles. The average molecular weight is 503 g/mol. The van der Waals surface area contributed by atoms with Crippen LogP contribution in [0.1, 0.15) is 59.1 Å². The number of aromatic nitrogens is 3. The molecule has 182 valence electrons. The first-order valence-corrected chi connectivity index (χ1v) is 12.9. The first kappa shape index (κ1) is 25.8. The van der Waals surface area contributed by atoms with Crippen molar-refractivity contribution in [2.24, 2.45) is 0 Å². The summed E-state index contributed by atoms with van der Waals surface area (Å²) in [5.74, 6) is 0.970. The maximum absolute atomic E-state index is 12.7. The van der Waals surface area contributed by atoms with E-state index in [0.717, 1.165) is 21.8 Å². The number of esters is 1. The Balaban J connectivity index is 1.68. The van der Waals surface area contributed by atoms with Gasteiger partial charge in [0.1, 0.15) is 10.8 Å². The van der Waals surface area contributed by atoms with Gasteiger partial charge in [0.05, 0.1) is 17.9 Å². The van der Waals surface area contributed by atoms with Crippen molar-refractivity contribution in [3.05, 3.63) is 51.7 Å². The molecule has 0 fully saturated rings. The number of nitrogens with one attached hydrogen (secondary N) is 1. The molecular formula is C24H30N4O4S2. The fourth-order valence-electron chi connectivity index (χ4n) is 3.39. The van der Waals surface area contributed by atoms with Crippen LogP contribution in [0.5, 0.6) is 5.75 Å². The van der Waals surface area contributed by atoms with Crippen molar-refractivity contribution >= 4 is 40.0 Å². The van der Waals surface area contributed by atoms with Crippen LogP contribution in [-0.4, -0.2) is 39.0 Å². The summed E-state index contributed by atoms with van der Waals surface area (Å²) >= 11 is 2.66. The fraction of sp³-hybridized carbons (Fsp3) is 0.417. The van der Waals surface area contributed by atoms with Crippen molar-refractivity contribution in [1.82, 2.24) is 14.8 Å². The van der Waals surface area contributed by atoms with Crippen LogP contribution in [0.4, 0.5) is 5.00 Å². The summed E-state index contributed by atoms with van der Waals surface area (Å²) in [6.45, 7) is 12.4. The molecule has 0 spiro atoms. The van der Waals surface area contributed by atoms with Crippen molar-refractivity contribution in [1.29, 1.82) is 0 Å². The number of benzene rings is 1. The van der Waals surface area contributed by atoms with Gasteiger partial charge in [-0.05, 0) is 58.7 Å². The molecule has 3 rings (SSSR count). The van der Waals surface area contributed by atoms with Crippen LogP contribution in [-0.2, 0) is 16.1 Å². The van der Waals surface area contributed by atoms with E-state index in [-0.39, 0.29) is 24.4 Å². The Labute approximate surface area is 208 Å². The van der Waals surface area contributed by atoms with Gasteiger partial charge in [-0.25, -0.2) is 4.79 Å². The lowest BCUT2D eigenvalue weighted by atomic mass is 10.1. The number of ether oxygens (including phenoxy) is 2. The molecule has 1 atom stereocenters. The van der Waals surface area contributed by atoms with Crippen molar-refractivity contribution in [3.63, 3.8) is 0 Å². The minimum absolute atomic E-state index is 0.128. The Morgan fingerprint density at radius 3 is 2.59 bits per heavy atom. The number of para-hydroxylation sites is 1. The van der Waals surface area contributed by atoms with Crippen LogP contribution >= 0.6 is 23.1 Å². The minimum atomic E-state index is -0.426. The molecule has 0 radical (unpaired) electrons. The summed E-state index contributed by atoms with van der Waals surface area (Å²) in [5, 5.41) is 12.6. The van der Waals surface area contributed by atoms with E-state index in [4.69, 9.17) is 9.47 Å². The van der Waals surface area contributed by atoms with Crippen LogP contribution < -0.4 is 10.1 Å². The number of hydrogen-bond donors (Lipinski definition) is 1. The third-order valence-corrected chi connectivity index (χ3v) is 7.36. The molecule has 10 heteroatoms. The summed E-state index contributed by atoms with van der Waals surface area (Å²) < 4.78 is 13.2. The molecule has 1 aromatic carbocycles. The average Bonchev–Trinajstić information content (AvgIpc) is 3.34. The summed E-state index contributed by atoms with van der Waals surface area (Å²) in [6.07, 6.45) is -0.305. The molecule has 0 aliphatic rings.